The van der Waals surface area contributed by atoms with E-state index in [9.17, 15) is 9.59 Å². The zero-order valence-corrected chi connectivity index (χ0v) is 21.6. The van der Waals surface area contributed by atoms with Crippen molar-refractivity contribution in [3.8, 4) is 17.1 Å². The quantitative estimate of drug-likeness (QED) is 0.274. The van der Waals surface area contributed by atoms with Crippen molar-refractivity contribution in [1.82, 2.24) is 46.3 Å². The first-order valence-electron chi connectivity index (χ1n) is 12.4. The van der Waals surface area contributed by atoms with Crippen LogP contribution in [-0.2, 0) is 11.8 Å². The Kier molecular flexibility index (Phi) is 7.07. The van der Waals surface area contributed by atoms with Gasteiger partial charge in [-0.25, -0.2) is 10.4 Å². The number of hydrogen-bond acceptors (Lipinski definition) is 11. The molecule has 4 unspecified atom stereocenters. The monoisotopic (exact) mass is 521 g/mol. The van der Waals surface area contributed by atoms with Gasteiger partial charge in [-0.15, -0.1) is 10.2 Å². The molecular formula is C24H31N11O3. The molecule has 3 aromatic rings. The molecule has 4 atom stereocenters. The molecule has 2 aliphatic heterocycles. The van der Waals surface area contributed by atoms with Crippen LogP contribution in [0.25, 0.3) is 11.4 Å². The third-order valence-electron chi connectivity index (χ3n) is 6.56. The smallest absolute Gasteiger partial charge is 0.269 e. The zero-order valence-electron chi connectivity index (χ0n) is 21.6. The fraction of sp³-hybridized carbons (Fsp3) is 0.417. The van der Waals surface area contributed by atoms with E-state index in [2.05, 4.69) is 47.1 Å². The van der Waals surface area contributed by atoms with E-state index in [1.165, 1.54) is 9.81 Å². The van der Waals surface area contributed by atoms with Gasteiger partial charge in [0.05, 0.1) is 43.7 Å². The fourth-order valence-corrected chi connectivity index (χ4v) is 4.91. The number of tetrazole rings is 1. The second-order valence-corrected chi connectivity index (χ2v) is 9.14. The van der Waals surface area contributed by atoms with Gasteiger partial charge in [-0.2, -0.15) is 4.80 Å². The number of piperidine rings is 1. The van der Waals surface area contributed by atoms with Gasteiger partial charge in [-0.1, -0.05) is 12.1 Å². The lowest BCUT2D eigenvalue weighted by Crippen LogP contribution is -2.60. The van der Waals surface area contributed by atoms with E-state index >= 15 is 0 Å². The third-order valence-corrected chi connectivity index (χ3v) is 6.56. The molecule has 5 rings (SSSR count). The summed E-state index contributed by atoms with van der Waals surface area (Å²) >= 11 is 0. The topological polar surface area (TPSA) is 163 Å². The number of anilines is 2. The van der Waals surface area contributed by atoms with Crippen molar-refractivity contribution in [3.05, 3.63) is 42.1 Å². The maximum absolute atomic E-state index is 13.1. The molecule has 2 saturated heterocycles. The van der Waals surface area contributed by atoms with Crippen molar-refractivity contribution in [2.45, 2.75) is 31.7 Å². The Labute approximate surface area is 219 Å². The van der Waals surface area contributed by atoms with E-state index in [1.807, 2.05) is 25.1 Å². The van der Waals surface area contributed by atoms with Gasteiger partial charge in [0, 0.05) is 26.1 Å². The maximum Gasteiger partial charge on any atom is 0.269 e. The Balaban J connectivity index is 1.41. The van der Waals surface area contributed by atoms with Crippen LogP contribution in [0.4, 0.5) is 11.5 Å². The molecule has 0 saturated carbocycles. The molecule has 4 heterocycles. The van der Waals surface area contributed by atoms with Gasteiger partial charge in [0.25, 0.3) is 5.91 Å². The number of fused-ring (bicyclic) bond motifs is 1. The number of amides is 2. The highest BCUT2D eigenvalue weighted by Crippen LogP contribution is 2.37. The number of para-hydroxylation sites is 1. The predicted octanol–water partition coefficient (Wildman–Crippen LogP) is 0.161. The van der Waals surface area contributed by atoms with E-state index in [1.54, 1.807) is 39.4 Å². The molecule has 14 heteroatoms. The van der Waals surface area contributed by atoms with Crippen LogP contribution in [0.2, 0.25) is 0 Å². The van der Waals surface area contributed by atoms with Crippen LogP contribution < -0.4 is 31.4 Å². The Morgan fingerprint density at radius 1 is 1.18 bits per heavy atom. The first-order chi connectivity index (χ1) is 18.4. The van der Waals surface area contributed by atoms with E-state index in [4.69, 9.17) is 4.74 Å². The molecule has 0 spiro atoms. The standard InChI is InChI=1S/C24H31N11O3/c1-5-25-23(36)15-10-7-11-17(27-15)28-18-12-16(19-22(29-18)31-34(2)24(19)37)26-14-9-6-8-13(20(14)38-4)21-30-33-35(3)32-21/h6-11,16,18-19,22,26,29,31H,5,12H2,1-4H3,(H,25,36)(H,27,28). The molecule has 2 amide bonds. The lowest BCUT2D eigenvalue weighted by Gasteiger charge is -2.39. The Morgan fingerprint density at radius 3 is 2.74 bits per heavy atom. The molecule has 2 aliphatic rings. The van der Waals surface area contributed by atoms with Crippen LogP contribution in [-0.4, -0.2) is 81.1 Å². The Morgan fingerprint density at radius 2 is 2.00 bits per heavy atom. The van der Waals surface area contributed by atoms with Crippen LogP contribution in [0, 0.1) is 5.92 Å². The van der Waals surface area contributed by atoms with E-state index in [0.717, 1.165) is 0 Å². The number of aryl methyl sites for hydroxylation is 1. The number of methoxy groups -OCH3 is 1. The first-order valence-corrected chi connectivity index (χ1v) is 12.4. The molecule has 0 radical (unpaired) electrons. The van der Waals surface area contributed by atoms with Gasteiger partial charge in [0.2, 0.25) is 11.7 Å². The molecule has 1 aromatic carbocycles. The average molecular weight is 522 g/mol. The highest BCUT2D eigenvalue weighted by atomic mass is 16.5. The Hall–Kier alpha value is -4.30. The van der Waals surface area contributed by atoms with Crippen LogP contribution in [0.1, 0.15) is 23.8 Å². The lowest BCUT2D eigenvalue weighted by molar-refractivity contribution is -0.131. The van der Waals surface area contributed by atoms with E-state index in [-0.39, 0.29) is 36.1 Å². The number of carbonyl (C=O) groups is 2. The van der Waals surface area contributed by atoms with Crippen molar-refractivity contribution in [1.29, 1.82) is 0 Å². The molecule has 38 heavy (non-hydrogen) atoms. The number of ether oxygens (including phenoxy) is 1. The molecule has 2 fully saturated rings. The van der Waals surface area contributed by atoms with Crippen LogP contribution >= 0.6 is 0 Å². The number of aromatic nitrogens is 5. The summed E-state index contributed by atoms with van der Waals surface area (Å²) < 4.78 is 5.75. The number of hydrazine groups is 1. The second kappa shape index (κ2) is 10.6. The first kappa shape index (κ1) is 25.4. The largest absolute Gasteiger partial charge is 0.494 e. The van der Waals surface area contributed by atoms with Crippen molar-refractivity contribution >= 4 is 23.3 Å². The molecular weight excluding hydrogens is 490 g/mol. The molecule has 5 N–H and O–H groups in total. The van der Waals surface area contributed by atoms with Gasteiger partial charge in [0.1, 0.15) is 11.5 Å². The van der Waals surface area contributed by atoms with E-state index < -0.39 is 0 Å². The van der Waals surface area contributed by atoms with Crippen LogP contribution in [0.3, 0.4) is 0 Å². The lowest BCUT2D eigenvalue weighted by atomic mass is 9.88. The number of hydrogen-bond donors (Lipinski definition) is 5. The van der Waals surface area contributed by atoms with Gasteiger partial charge < -0.3 is 20.7 Å². The summed E-state index contributed by atoms with van der Waals surface area (Å²) in [6, 6.07) is 10.6. The van der Waals surface area contributed by atoms with Gasteiger partial charge in [-0.05, 0) is 36.4 Å². The molecule has 2 aromatic heterocycles. The molecule has 200 valence electrons. The number of nitrogens with zero attached hydrogens (tertiary/aromatic N) is 6. The highest BCUT2D eigenvalue weighted by Gasteiger charge is 2.48. The average Bonchev–Trinajstić information content (AvgIpc) is 3.46. The summed E-state index contributed by atoms with van der Waals surface area (Å²) in [5.74, 6) is 0.905. The zero-order chi connectivity index (χ0) is 26.8. The summed E-state index contributed by atoms with van der Waals surface area (Å²) in [6.45, 7) is 2.38. The van der Waals surface area contributed by atoms with Crippen LogP contribution in [0.5, 0.6) is 5.75 Å². The summed E-state index contributed by atoms with van der Waals surface area (Å²) in [5, 5.41) is 27.0. The maximum atomic E-state index is 13.1. The van der Waals surface area contributed by atoms with Crippen molar-refractivity contribution in [3.63, 3.8) is 0 Å². The second-order valence-electron chi connectivity index (χ2n) is 9.14. The summed E-state index contributed by atoms with van der Waals surface area (Å²) in [5.41, 5.74) is 4.92. The Bertz CT molecular complexity index is 1330. The van der Waals surface area contributed by atoms with Crippen molar-refractivity contribution in [2.75, 3.05) is 31.3 Å². The minimum atomic E-state index is -0.379. The van der Waals surface area contributed by atoms with Crippen molar-refractivity contribution in [2.24, 2.45) is 13.0 Å². The van der Waals surface area contributed by atoms with Crippen LogP contribution in [0.15, 0.2) is 36.4 Å². The number of carbonyl (C=O) groups excluding carboxylic acids is 2. The summed E-state index contributed by atoms with van der Waals surface area (Å²) in [4.78, 5) is 31.2. The highest BCUT2D eigenvalue weighted by molar-refractivity contribution is 5.92. The normalized spacial score (nSPS) is 22.6. The van der Waals surface area contributed by atoms with Gasteiger partial charge in [-0.3, -0.25) is 19.9 Å². The number of nitrogens with one attached hydrogen (secondary N) is 5. The minimum Gasteiger partial charge on any atom is -0.494 e. The van der Waals surface area contributed by atoms with Crippen molar-refractivity contribution < 1.29 is 14.3 Å². The number of rotatable bonds is 8. The predicted molar refractivity (Wildman–Crippen MR) is 139 cm³/mol. The number of benzene rings is 1. The van der Waals surface area contributed by atoms with Gasteiger partial charge >= 0.3 is 0 Å². The SMILES string of the molecule is CCNC(=O)c1cccc(NC2CC(Nc3cccc(-c4nnn(C)n4)c3OC)C3C(=O)N(C)NC3N2)n1. The van der Waals surface area contributed by atoms with Gasteiger partial charge in [0.15, 0.2) is 5.75 Å². The minimum absolute atomic E-state index is 0.0273. The molecule has 0 aliphatic carbocycles. The fourth-order valence-electron chi connectivity index (χ4n) is 4.91. The molecule has 14 nitrogen and oxygen atoms in total. The summed E-state index contributed by atoms with van der Waals surface area (Å²) in [6.07, 6.45) is -0.0428. The number of pyridine rings is 1. The third kappa shape index (κ3) is 4.95. The summed E-state index contributed by atoms with van der Waals surface area (Å²) in [7, 11) is 4.99. The van der Waals surface area contributed by atoms with E-state index in [0.29, 0.717) is 47.3 Å². The molecule has 0 bridgehead atoms.